The first kappa shape index (κ1) is 23.8. The van der Waals surface area contributed by atoms with Gasteiger partial charge >= 0.3 is 0 Å². The molecule has 1 aromatic heterocycles. The Morgan fingerprint density at radius 3 is 2.43 bits per heavy atom. The molecule has 0 radical (unpaired) electrons. The molecule has 1 heterocycles. The normalized spacial score (nSPS) is 11.6. The predicted molar refractivity (Wildman–Crippen MR) is 131 cm³/mol. The van der Waals surface area contributed by atoms with Gasteiger partial charge in [0.1, 0.15) is 5.75 Å². The SMILES string of the molecule is COc1ccc(-c2[nH]c3ccccc3c2CCC(=O)NNC(=O)C(C)Oc2ccccc2F)cc1. The van der Waals surface area contributed by atoms with E-state index >= 15 is 0 Å². The van der Waals surface area contributed by atoms with E-state index in [0.717, 1.165) is 33.5 Å². The molecule has 7 nitrogen and oxygen atoms in total. The summed E-state index contributed by atoms with van der Waals surface area (Å²) in [6, 6.07) is 21.4. The molecule has 0 spiro atoms. The Bertz CT molecular complexity index is 1330. The van der Waals surface area contributed by atoms with Crippen LogP contribution in [-0.2, 0) is 16.0 Å². The number of carbonyl (C=O) groups is 2. The number of aromatic nitrogens is 1. The highest BCUT2D eigenvalue weighted by Crippen LogP contribution is 2.32. The first-order chi connectivity index (χ1) is 17.0. The van der Waals surface area contributed by atoms with E-state index in [-0.39, 0.29) is 18.1 Å². The molecule has 0 saturated carbocycles. The van der Waals surface area contributed by atoms with Crippen molar-refractivity contribution in [3.05, 3.63) is 84.2 Å². The summed E-state index contributed by atoms with van der Waals surface area (Å²) in [6.07, 6.45) is -0.398. The number of fused-ring (bicyclic) bond motifs is 1. The van der Waals surface area contributed by atoms with Gasteiger partial charge < -0.3 is 14.5 Å². The van der Waals surface area contributed by atoms with Crippen molar-refractivity contribution in [1.29, 1.82) is 0 Å². The molecule has 0 aliphatic carbocycles. The number of hydrazine groups is 1. The molecule has 35 heavy (non-hydrogen) atoms. The fourth-order valence-corrected chi connectivity index (χ4v) is 3.78. The van der Waals surface area contributed by atoms with E-state index in [1.165, 1.54) is 25.1 Å². The summed E-state index contributed by atoms with van der Waals surface area (Å²) in [5.74, 6) is -0.792. The van der Waals surface area contributed by atoms with Crippen LogP contribution in [0, 0.1) is 5.82 Å². The Morgan fingerprint density at radius 1 is 0.971 bits per heavy atom. The van der Waals surface area contributed by atoms with Crippen molar-refractivity contribution in [2.24, 2.45) is 0 Å². The quantitative estimate of drug-likeness (QED) is 0.327. The number of halogens is 1. The van der Waals surface area contributed by atoms with Crippen molar-refractivity contribution >= 4 is 22.7 Å². The number of para-hydroxylation sites is 2. The van der Waals surface area contributed by atoms with Crippen LogP contribution in [0.3, 0.4) is 0 Å². The van der Waals surface area contributed by atoms with Gasteiger partial charge in [0, 0.05) is 23.0 Å². The van der Waals surface area contributed by atoms with Gasteiger partial charge in [-0.1, -0.05) is 30.3 Å². The summed E-state index contributed by atoms with van der Waals surface area (Å²) >= 11 is 0. The monoisotopic (exact) mass is 475 g/mol. The number of H-pyrrole nitrogens is 1. The highest BCUT2D eigenvalue weighted by Gasteiger charge is 2.18. The molecule has 180 valence electrons. The van der Waals surface area contributed by atoms with Crippen LogP contribution in [-0.4, -0.2) is 30.0 Å². The van der Waals surface area contributed by atoms with E-state index in [1.807, 2.05) is 48.5 Å². The molecule has 0 aliphatic rings. The molecule has 0 bridgehead atoms. The number of rotatable bonds is 8. The average molecular weight is 476 g/mol. The zero-order valence-electron chi connectivity index (χ0n) is 19.4. The Labute approximate surface area is 202 Å². The number of nitrogens with one attached hydrogen (secondary N) is 3. The Hall–Kier alpha value is -4.33. The van der Waals surface area contributed by atoms with E-state index in [1.54, 1.807) is 13.2 Å². The maximum absolute atomic E-state index is 13.7. The minimum atomic E-state index is -0.998. The zero-order chi connectivity index (χ0) is 24.8. The van der Waals surface area contributed by atoms with Crippen LogP contribution in [0.5, 0.6) is 11.5 Å². The fourth-order valence-electron chi connectivity index (χ4n) is 3.78. The van der Waals surface area contributed by atoms with Crippen LogP contribution >= 0.6 is 0 Å². The van der Waals surface area contributed by atoms with Crippen molar-refractivity contribution in [1.82, 2.24) is 15.8 Å². The number of hydrogen-bond acceptors (Lipinski definition) is 4. The molecule has 3 aromatic carbocycles. The molecular formula is C27H26FN3O4. The number of aromatic amines is 1. The van der Waals surface area contributed by atoms with Gasteiger partial charge in [0.05, 0.1) is 7.11 Å². The van der Waals surface area contributed by atoms with Crippen LogP contribution in [0.1, 0.15) is 18.9 Å². The van der Waals surface area contributed by atoms with Crippen molar-refractivity contribution in [2.75, 3.05) is 7.11 Å². The molecule has 0 fully saturated rings. The summed E-state index contributed by atoms with van der Waals surface area (Å²) in [5, 5.41) is 1.03. The second-order valence-corrected chi connectivity index (χ2v) is 7.98. The summed E-state index contributed by atoms with van der Waals surface area (Å²) in [4.78, 5) is 28.2. The molecule has 2 amide bonds. The van der Waals surface area contributed by atoms with Gasteiger partial charge in [-0.2, -0.15) is 0 Å². The maximum atomic E-state index is 13.7. The molecule has 4 aromatic rings. The lowest BCUT2D eigenvalue weighted by Gasteiger charge is -2.15. The summed E-state index contributed by atoms with van der Waals surface area (Å²) in [7, 11) is 1.62. The summed E-state index contributed by atoms with van der Waals surface area (Å²) in [6.45, 7) is 1.47. The molecule has 1 unspecified atom stereocenters. The largest absolute Gasteiger partial charge is 0.497 e. The number of aryl methyl sites for hydroxylation is 1. The Morgan fingerprint density at radius 2 is 1.69 bits per heavy atom. The maximum Gasteiger partial charge on any atom is 0.279 e. The second-order valence-electron chi connectivity index (χ2n) is 7.98. The lowest BCUT2D eigenvalue weighted by atomic mass is 10.0. The lowest BCUT2D eigenvalue weighted by molar-refractivity contribution is -0.132. The van der Waals surface area contributed by atoms with Gasteiger partial charge in [0.15, 0.2) is 17.7 Å². The number of hydrogen-bond donors (Lipinski definition) is 3. The van der Waals surface area contributed by atoms with E-state index < -0.39 is 17.8 Å². The van der Waals surface area contributed by atoms with Crippen molar-refractivity contribution in [2.45, 2.75) is 25.9 Å². The van der Waals surface area contributed by atoms with Crippen LogP contribution in [0.2, 0.25) is 0 Å². The number of carbonyl (C=O) groups excluding carboxylic acids is 2. The molecule has 3 N–H and O–H groups in total. The van der Waals surface area contributed by atoms with Crippen molar-refractivity contribution in [3.8, 4) is 22.8 Å². The van der Waals surface area contributed by atoms with Gasteiger partial charge in [0.2, 0.25) is 5.91 Å². The highest BCUT2D eigenvalue weighted by atomic mass is 19.1. The van der Waals surface area contributed by atoms with Crippen LogP contribution in [0.15, 0.2) is 72.8 Å². The van der Waals surface area contributed by atoms with Gasteiger partial charge in [-0.25, -0.2) is 4.39 Å². The first-order valence-corrected chi connectivity index (χ1v) is 11.2. The molecule has 4 rings (SSSR count). The van der Waals surface area contributed by atoms with Crippen molar-refractivity contribution in [3.63, 3.8) is 0 Å². The molecule has 1 atom stereocenters. The van der Waals surface area contributed by atoms with Crippen LogP contribution in [0.25, 0.3) is 22.2 Å². The minimum Gasteiger partial charge on any atom is -0.497 e. The number of ether oxygens (including phenoxy) is 2. The van der Waals surface area contributed by atoms with E-state index in [0.29, 0.717) is 6.42 Å². The van der Waals surface area contributed by atoms with Crippen molar-refractivity contribution < 1.29 is 23.5 Å². The molecule has 8 heteroatoms. The predicted octanol–water partition coefficient (Wildman–Crippen LogP) is 4.53. The number of methoxy groups -OCH3 is 1. The molecule has 0 aliphatic heterocycles. The minimum absolute atomic E-state index is 0.0353. The Balaban J connectivity index is 1.39. The van der Waals surface area contributed by atoms with Gasteiger partial charge in [-0.15, -0.1) is 0 Å². The van der Waals surface area contributed by atoms with Crippen LogP contribution < -0.4 is 20.3 Å². The highest BCUT2D eigenvalue weighted by molar-refractivity contribution is 5.91. The topological polar surface area (TPSA) is 92.5 Å². The Kier molecular flexibility index (Phi) is 7.30. The number of amides is 2. The smallest absolute Gasteiger partial charge is 0.279 e. The van der Waals surface area contributed by atoms with Gasteiger partial charge in [-0.3, -0.25) is 20.4 Å². The third-order valence-corrected chi connectivity index (χ3v) is 5.63. The third kappa shape index (κ3) is 5.60. The third-order valence-electron chi connectivity index (χ3n) is 5.63. The lowest BCUT2D eigenvalue weighted by Crippen LogP contribution is -2.47. The average Bonchev–Trinajstić information content (AvgIpc) is 3.26. The van der Waals surface area contributed by atoms with E-state index in [9.17, 15) is 14.0 Å². The fraction of sp³-hybridized carbons (Fsp3) is 0.185. The van der Waals surface area contributed by atoms with E-state index in [2.05, 4.69) is 15.8 Å². The molecule has 0 saturated heterocycles. The van der Waals surface area contributed by atoms with E-state index in [4.69, 9.17) is 9.47 Å². The summed E-state index contributed by atoms with van der Waals surface area (Å²) < 4.78 is 24.3. The van der Waals surface area contributed by atoms with Crippen LogP contribution in [0.4, 0.5) is 4.39 Å². The van der Waals surface area contributed by atoms with Gasteiger partial charge in [-0.05, 0) is 66.9 Å². The van der Waals surface area contributed by atoms with Gasteiger partial charge in [0.25, 0.3) is 5.91 Å². The standard InChI is InChI=1S/C27H26FN3O4/c1-17(35-24-10-6-4-8-22(24)28)27(33)31-30-25(32)16-15-21-20-7-3-5-9-23(20)29-26(21)18-11-13-19(34-2)14-12-18/h3-14,17,29H,15-16H2,1-2H3,(H,30,32)(H,31,33). The first-order valence-electron chi connectivity index (χ1n) is 11.2. The molecular weight excluding hydrogens is 449 g/mol. The summed E-state index contributed by atoms with van der Waals surface area (Å²) in [5.41, 5.74) is 8.63. The zero-order valence-corrected chi connectivity index (χ0v) is 19.4. The second kappa shape index (κ2) is 10.7. The number of benzene rings is 3.